The minimum atomic E-state index is 0.540. The number of nitrogens with zero attached hydrogens (tertiary/aromatic N) is 1. The summed E-state index contributed by atoms with van der Waals surface area (Å²) in [5, 5.41) is 4.32. The second-order valence-electron chi connectivity index (χ2n) is 5.17. The predicted octanol–water partition coefficient (Wildman–Crippen LogP) is 3.55. The molecular weight excluding hydrogens is 244 g/mol. The fourth-order valence-electron chi connectivity index (χ4n) is 2.04. The number of rotatable bonds is 7. The number of benzene rings is 1. The van der Waals surface area contributed by atoms with Gasteiger partial charge in [-0.2, -0.15) is 0 Å². The molecule has 2 nitrogen and oxygen atoms in total. The Morgan fingerprint density at radius 2 is 2.06 bits per heavy atom. The van der Waals surface area contributed by atoms with E-state index in [1.807, 2.05) is 18.2 Å². The molecule has 18 heavy (non-hydrogen) atoms. The summed E-state index contributed by atoms with van der Waals surface area (Å²) in [6, 6.07) is 9.21. The van der Waals surface area contributed by atoms with Crippen molar-refractivity contribution in [3.63, 3.8) is 0 Å². The molecule has 0 aliphatic heterocycles. The fourth-order valence-corrected chi connectivity index (χ4v) is 2.25. The lowest BCUT2D eigenvalue weighted by Gasteiger charge is -2.28. The quantitative estimate of drug-likeness (QED) is 0.814. The van der Waals surface area contributed by atoms with Gasteiger partial charge in [0.05, 0.1) is 0 Å². The lowest BCUT2D eigenvalue weighted by Crippen LogP contribution is -2.41. The Balaban J connectivity index is 2.53. The SMILES string of the molecule is CCC(CNC(C)C)N(C)Cc1cccc(Cl)c1. The molecule has 0 bridgehead atoms. The Morgan fingerprint density at radius 1 is 1.33 bits per heavy atom. The van der Waals surface area contributed by atoms with Gasteiger partial charge in [-0.15, -0.1) is 0 Å². The van der Waals surface area contributed by atoms with Crippen LogP contribution >= 0.6 is 11.6 Å². The summed E-state index contributed by atoms with van der Waals surface area (Å²) < 4.78 is 0. The van der Waals surface area contributed by atoms with Crippen LogP contribution in [0.25, 0.3) is 0 Å². The Hall–Kier alpha value is -0.570. The summed E-state index contributed by atoms with van der Waals surface area (Å²) in [6.45, 7) is 8.58. The number of halogens is 1. The van der Waals surface area contributed by atoms with Crippen LogP contribution in [-0.2, 0) is 6.54 Å². The first-order chi connectivity index (χ1) is 8.52. The van der Waals surface area contributed by atoms with Gasteiger partial charge < -0.3 is 5.32 Å². The lowest BCUT2D eigenvalue weighted by molar-refractivity contribution is 0.218. The Labute approximate surface area is 116 Å². The zero-order valence-corrected chi connectivity index (χ0v) is 12.7. The third-order valence-corrected chi connectivity index (χ3v) is 3.41. The monoisotopic (exact) mass is 268 g/mol. The molecule has 0 saturated heterocycles. The normalized spacial score (nSPS) is 13.3. The van der Waals surface area contributed by atoms with Crippen LogP contribution < -0.4 is 5.32 Å². The van der Waals surface area contributed by atoms with Gasteiger partial charge in [0, 0.05) is 30.2 Å². The smallest absolute Gasteiger partial charge is 0.0409 e. The maximum absolute atomic E-state index is 6.01. The summed E-state index contributed by atoms with van der Waals surface area (Å²) in [4.78, 5) is 2.39. The van der Waals surface area contributed by atoms with E-state index in [-0.39, 0.29) is 0 Å². The molecule has 0 fully saturated rings. The average Bonchev–Trinajstić information content (AvgIpc) is 2.29. The molecule has 0 saturated carbocycles. The van der Waals surface area contributed by atoms with Crippen LogP contribution in [0.1, 0.15) is 32.8 Å². The molecule has 0 radical (unpaired) electrons. The molecule has 0 aromatic heterocycles. The van der Waals surface area contributed by atoms with Crippen molar-refractivity contribution in [1.82, 2.24) is 10.2 Å². The van der Waals surface area contributed by atoms with Gasteiger partial charge >= 0.3 is 0 Å². The highest BCUT2D eigenvalue weighted by atomic mass is 35.5. The molecule has 0 aliphatic carbocycles. The van der Waals surface area contributed by atoms with Crippen molar-refractivity contribution in [2.75, 3.05) is 13.6 Å². The van der Waals surface area contributed by atoms with Crippen LogP contribution in [0.3, 0.4) is 0 Å². The van der Waals surface area contributed by atoms with Crippen LogP contribution in [0.15, 0.2) is 24.3 Å². The molecule has 1 N–H and O–H groups in total. The topological polar surface area (TPSA) is 15.3 Å². The Bertz CT molecular complexity index is 352. The summed E-state index contributed by atoms with van der Waals surface area (Å²) in [7, 11) is 2.18. The first kappa shape index (κ1) is 15.5. The molecule has 1 aromatic rings. The van der Waals surface area contributed by atoms with Crippen LogP contribution in [0.4, 0.5) is 0 Å². The van der Waals surface area contributed by atoms with Gasteiger partial charge in [0.1, 0.15) is 0 Å². The van der Waals surface area contributed by atoms with Crippen molar-refractivity contribution < 1.29 is 0 Å². The second-order valence-corrected chi connectivity index (χ2v) is 5.61. The van der Waals surface area contributed by atoms with Crippen molar-refractivity contribution in [1.29, 1.82) is 0 Å². The second kappa shape index (κ2) is 7.78. The zero-order chi connectivity index (χ0) is 13.5. The first-order valence-electron chi connectivity index (χ1n) is 6.71. The highest BCUT2D eigenvalue weighted by Crippen LogP contribution is 2.14. The van der Waals surface area contributed by atoms with Gasteiger partial charge in [-0.25, -0.2) is 0 Å². The van der Waals surface area contributed by atoms with Crippen LogP contribution in [-0.4, -0.2) is 30.6 Å². The average molecular weight is 269 g/mol. The number of hydrogen-bond donors (Lipinski definition) is 1. The molecule has 1 aromatic carbocycles. The van der Waals surface area contributed by atoms with Crippen LogP contribution in [0, 0.1) is 0 Å². The van der Waals surface area contributed by atoms with Crippen molar-refractivity contribution in [3.8, 4) is 0 Å². The minimum absolute atomic E-state index is 0.540. The van der Waals surface area contributed by atoms with Gasteiger partial charge in [0.2, 0.25) is 0 Å². The summed E-state index contributed by atoms with van der Waals surface area (Å²) in [5.41, 5.74) is 1.27. The van der Waals surface area contributed by atoms with E-state index in [1.54, 1.807) is 0 Å². The highest BCUT2D eigenvalue weighted by molar-refractivity contribution is 6.30. The van der Waals surface area contributed by atoms with Crippen molar-refractivity contribution in [3.05, 3.63) is 34.9 Å². The zero-order valence-electron chi connectivity index (χ0n) is 11.9. The van der Waals surface area contributed by atoms with Crippen LogP contribution in [0.5, 0.6) is 0 Å². The standard InChI is InChI=1S/C15H25ClN2/c1-5-15(10-17-12(2)3)18(4)11-13-7-6-8-14(16)9-13/h6-9,12,15,17H,5,10-11H2,1-4H3. The largest absolute Gasteiger partial charge is 0.313 e. The van der Waals surface area contributed by atoms with Crippen molar-refractivity contribution in [2.45, 2.75) is 45.8 Å². The summed E-state index contributed by atoms with van der Waals surface area (Å²) in [6.07, 6.45) is 1.15. The molecule has 3 heteroatoms. The molecule has 0 spiro atoms. The first-order valence-corrected chi connectivity index (χ1v) is 7.08. The Morgan fingerprint density at radius 3 is 2.61 bits per heavy atom. The highest BCUT2D eigenvalue weighted by Gasteiger charge is 2.13. The van der Waals surface area contributed by atoms with E-state index in [2.05, 4.69) is 44.1 Å². The number of nitrogens with one attached hydrogen (secondary N) is 1. The number of likely N-dealkylation sites (N-methyl/N-ethyl adjacent to an activating group) is 1. The van der Waals surface area contributed by atoms with Crippen molar-refractivity contribution >= 4 is 11.6 Å². The third kappa shape index (κ3) is 5.38. The fraction of sp³-hybridized carbons (Fsp3) is 0.600. The predicted molar refractivity (Wildman–Crippen MR) is 80.1 cm³/mol. The van der Waals surface area contributed by atoms with E-state index >= 15 is 0 Å². The van der Waals surface area contributed by atoms with E-state index in [1.165, 1.54) is 5.56 Å². The summed E-state index contributed by atoms with van der Waals surface area (Å²) >= 11 is 6.01. The molecule has 1 unspecified atom stereocenters. The van der Waals surface area contributed by atoms with Gasteiger partial charge in [-0.05, 0) is 31.2 Å². The molecule has 0 aliphatic rings. The van der Waals surface area contributed by atoms with E-state index in [9.17, 15) is 0 Å². The molecule has 1 atom stereocenters. The molecule has 1 rings (SSSR count). The van der Waals surface area contributed by atoms with E-state index in [4.69, 9.17) is 11.6 Å². The van der Waals surface area contributed by atoms with Gasteiger partial charge in [-0.1, -0.05) is 44.5 Å². The van der Waals surface area contributed by atoms with Gasteiger partial charge in [0.15, 0.2) is 0 Å². The van der Waals surface area contributed by atoms with Gasteiger partial charge in [-0.3, -0.25) is 4.90 Å². The van der Waals surface area contributed by atoms with E-state index in [0.29, 0.717) is 12.1 Å². The number of hydrogen-bond acceptors (Lipinski definition) is 2. The van der Waals surface area contributed by atoms with Gasteiger partial charge in [0.25, 0.3) is 0 Å². The molecule has 102 valence electrons. The lowest BCUT2D eigenvalue weighted by atomic mass is 10.1. The molecular formula is C15H25ClN2. The van der Waals surface area contributed by atoms with E-state index < -0.39 is 0 Å². The molecule has 0 heterocycles. The third-order valence-electron chi connectivity index (χ3n) is 3.18. The maximum Gasteiger partial charge on any atom is 0.0409 e. The Kier molecular flexibility index (Phi) is 6.69. The van der Waals surface area contributed by atoms with E-state index in [0.717, 1.165) is 24.5 Å². The maximum atomic E-state index is 6.01. The van der Waals surface area contributed by atoms with Crippen molar-refractivity contribution in [2.24, 2.45) is 0 Å². The summed E-state index contributed by atoms with van der Waals surface area (Å²) in [5.74, 6) is 0. The molecule has 0 amide bonds. The van der Waals surface area contributed by atoms with Crippen LogP contribution in [0.2, 0.25) is 5.02 Å². The minimum Gasteiger partial charge on any atom is -0.313 e.